The number of carbonyl (C=O) groups is 1. The van der Waals surface area contributed by atoms with Gasteiger partial charge in [-0.15, -0.1) is 0 Å². The summed E-state index contributed by atoms with van der Waals surface area (Å²) in [6.45, 7) is 9.33. The van der Waals surface area contributed by atoms with E-state index in [1.807, 2.05) is 12.1 Å². The van der Waals surface area contributed by atoms with Gasteiger partial charge in [0.1, 0.15) is 6.23 Å². The number of phenols is 1. The van der Waals surface area contributed by atoms with Crippen LogP contribution >= 0.6 is 0 Å². The lowest BCUT2D eigenvalue weighted by molar-refractivity contribution is -0.137. The molecule has 0 saturated heterocycles. The second kappa shape index (κ2) is 8.16. The Morgan fingerprint density at radius 2 is 2.09 bits per heavy atom. The molecule has 120 valence electrons. The minimum Gasteiger partial charge on any atom is -0.504 e. The normalized spacial score (nSPS) is 11.1. The molecule has 0 aliphatic carbocycles. The first kappa shape index (κ1) is 18.5. The smallest absolute Gasteiger partial charge is 0.332 e. The van der Waals surface area contributed by atoms with E-state index in [1.165, 1.54) is 7.11 Å². The molecule has 0 unspecified atom stereocenters. The van der Waals surface area contributed by atoms with Crippen LogP contribution < -0.4 is 4.74 Å². The van der Waals surface area contributed by atoms with Gasteiger partial charge in [-0.1, -0.05) is 12.6 Å². The van der Waals surface area contributed by atoms with Gasteiger partial charge in [-0.2, -0.15) is 0 Å². The van der Waals surface area contributed by atoms with Gasteiger partial charge in [0.25, 0.3) is 9.76 Å². The van der Waals surface area contributed by atoms with Crippen LogP contribution in [0, 0.1) is 0 Å². The quantitative estimate of drug-likeness (QED) is 0.341. The number of phenolic OH excluding ortho intramolecular Hbond substituents is 1. The molecular formula is C15H22O5Si2. The van der Waals surface area contributed by atoms with Crippen LogP contribution in [-0.4, -0.2) is 42.5 Å². The fourth-order valence-corrected chi connectivity index (χ4v) is 5.28. The molecule has 0 amide bonds. The van der Waals surface area contributed by atoms with Crippen molar-refractivity contribution in [3.05, 3.63) is 35.9 Å². The summed E-state index contributed by atoms with van der Waals surface area (Å²) in [6, 6.07) is 6.08. The van der Waals surface area contributed by atoms with Crippen molar-refractivity contribution < 1.29 is 23.5 Å². The molecule has 0 heterocycles. The largest absolute Gasteiger partial charge is 0.504 e. The monoisotopic (exact) mass is 338 g/mol. The maximum absolute atomic E-state index is 11.3. The van der Waals surface area contributed by atoms with Crippen molar-refractivity contribution in [2.75, 3.05) is 13.3 Å². The number of benzene rings is 1. The first-order chi connectivity index (χ1) is 10.2. The Balaban J connectivity index is 2.49. The average Bonchev–Trinajstić information content (AvgIpc) is 2.45. The van der Waals surface area contributed by atoms with Crippen LogP contribution in [0.1, 0.15) is 12.5 Å². The second-order valence-electron chi connectivity index (χ2n) is 5.55. The summed E-state index contributed by atoms with van der Waals surface area (Å²) in [5.74, 6) is 0.194. The number of hydrogen-bond donors (Lipinski definition) is 1. The van der Waals surface area contributed by atoms with Crippen LogP contribution in [0.2, 0.25) is 13.1 Å². The first-order valence-corrected chi connectivity index (χ1v) is 11.1. The zero-order valence-electron chi connectivity index (χ0n) is 13.4. The maximum atomic E-state index is 11.3. The van der Waals surface area contributed by atoms with Gasteiger partial charge in [0, 0.05) is 5.57 Å². The molecule has 5 nitrogen and oxygen atoms in total. The minimum atomic E-state index is -1.93. The molecule has 0 aromatic heterocycles. The standard InChI is InChI=1S/C15H22O5Si2/c1-11(2)15(17)19-10-21-20-22(4,5)9-12-6-7-13(16)14(8-12)18-3/h6-8,16H,1,9-10H2,2-5H3. The molecule has 1 N–H and O–H groups in total. The van der Waals surface area contributed by atoms with Crippen molar-refractivity contribution in [1.82, 2.24) is 0 Å². The summed E-state index contributed by atoms with van der Waals surface area (Å²) < 4.78 is 16.1. The van der Waals surface area contributed by atoms with Gasteiger partial charge in [-0.05, 0) is 43.8 Å². The topological polar surface area (TPSA) is 65.0 Å². The molecule has 22 heavy (non-hydrogen) atoms. The second-order valence-corrected chi connectivity index (χ2v) is 10.8. The van der Waals surface area contributed by atoms with Gasteiger partial charge in [0.2, 0.25) is 0 Å². The Morgan fingerprint density at radius 1 is 1.41 bits per heavy atom. The molecule has 0 aliphatic heterocycles. The number of rotatable bonds is 8. The van der Waals surface area contributed by atoms with Gasteiger partial charge in [-0.3, -0.25) is 0 Å². The average molecular weight is 339 g/mol. The number of methoxy groups -OCH3 is 1. The van der Waals surface area contributed by atoms with Crippen molar-refractivity contribution >= 4 is 24.0 Å². The van der Waals surface area contributed by atoms with Gasteiger partial charge < -0.3 is 18.7 Å². The van der Waals surface area contributed by atoms with Crippen LogP contribution in [0.4, 0.5) is 0 Å². The highest BCUT2D eigenvalue weighted by molar-refractivity contribution is 6.74. The van der Waals surface area contributed by atoms with Crippen molar-refractivity contribution in [3.8, 4) is 11.5 Å². The molecule has 0 aliphatic rings. The molecule has 0 atom stereocenters. The van der Waals surface area contributed by atoms with Crippen molar-refractivity contribution in [3.63, 3.8) is 0 Å². The fourth-order valence-electron chi connectivity index (χ4n) is 1.80. The Labute approximate surface area is 135 Å². The lowest BCUT2D eigenvalue weighted by atomic mass is 10.2. The minimum absolute atomic E-state index is 0.113. The lowest BCUT2D eigenvalue weighted by Crippen LogP contribution is -2.36. The van der Waals surface area contributed by atoms with Gasteiger partial charge in [-0.25, -0.2) is 4.79 Å². The van der Waals surface area contributed by atoms with E-state index >= 15 is 0 Å². The Hall–Kier alpha value is -1.58. The maximum Gasteiger partial charge on any atom is 0.332 e. The molecule has 2 radical (unpaired) electrons. The number of carbonyl (C=O) groups excluding carboxylic acids is 1. The fraction of sp³-hybridized carbons (Fsp3) is 0.400. The Morgan fingerprint density at radius 3 is 2.68 bits per heavy atom. The molecule has 1 aromatic rings. The third kappa shape index (κ3) is 6.04. The summed E-state index contributed by atoms with van der Waals surface area (Å²) in [5.41, 5.74) is 1.44. The van der Waals surface area contributed by atoms with E-state index in [2.05, 4.69) is 19.7 Å². The Kier molecular flexibility index (Phi) is 6.85. The van der Waals surface area contributed by atoms with E-state index in [9.17, 15) is 9.90 Å². The predicted molar refractivity (Wildman–Crippen MR) is 88.5 cm³/mol. The molecular weight excluding hydrogens is 316 g/mol. The lowest BCUT2D eigenvalue weighted by Gasteiger charge is -2.23. The van der Waals surface area contributed by atoms with E-state index in [1.54, 1.807) is 13.0 Å². The summed E-state index contributed by atoms with van der Waals surface area (Å²) in [7, 11) is -0.299. The number of aromatic hydroxyl groups is 1. The van der Waals surface area contributed by atoms with E-state index in [0.717, 1.165) is 11.6 Å². The summed E-state index contributed by atoms with van der Waals surface area (Å²) in [5, 5.41) is 9.60. The van der Waals surface area contributed by atoms with Crippen LogP contribution in [0.15, 0.2) is 30.4 Å². The molecule has 0 fully saturated rings. The number of hydrogen-bond acceptors (Lipinski definition) is 5. The van der Waals surface area contributed by atoms with Crippen molar-refractivity contribution in [2.24, 2.45) is 0 Å². The summed E-state index contributed by atoms with van der Waals surface area (Å²) >= 11 is 0. The highest BCUT2D eigenvalue weighted by Crippen LogP contribution is 2.27. The third-order valence-electron chi connectivity index (χ3n) is 2.83. The SMILES string of the molecule is C=C(C)C(=O)OC[Si]O[Si](C)(C)Cc1ccc(O)c(OC)c1. The zero-order valence-corrected chi connectivity index (χ0v) is 15.4. The summed E-state index contributed by atoms with van der Waals surface area (Å²) in [6.07, 6.45) is 0.251. The van der Waals surface area contributed by atoms with E-state index in [-0.39, 0.29) is 27.7 Å². The third-order valence-corrected chi connectivity index (χ3v) is 7.14. The predicted octanol–water partition coefficient (Wildman–Crippen LogP) is 2.40. The zero-order chi connectivity index (χ0) is 16.8. The van der Waals surface area contributed by atoms with Crippen LogP contribution in [0.3, 0.4) is 0 Å². The Bertz CT molecular complexity index is 543. The first-order valence-electron chi connectivity index (χ1n) is 6.84. The van der Waals surface area contributed by atoms with Crippen LogP contribution in [-0.2, 0) is 19.7 Å². The molecule has 0 saturated carbocycles. The molecule has 1 rings (SSSR count). The van der Waals surface area contributed by atoms with E-state index in [0.29, 0.717) is 11.3 Å². The van der Waals surface area contributed by atoms with Gasteiger partial charge in [0.05, 0.1) is 7.11 Å². The summed E-state index contributed by atoms with van der Waals surface area (Å²) in [4.78, 5) is 11.3. The van der Waals surface area contributed by atoms with Crippen molar-refractivity contribution in [1.29, 1.82) is 0 Å². The molecule has 1 aromatic carbocycles. The van der Waals surface area contributed by atoms with Crippen LogP contribution in [0.25, 0.3) is 0 Å². The van der Waals surface area contributed by atoms with Gasteiger partial charge >= 0.3 is 5.97 Å². The van der Waals surface area contributed by atoms with Gasteiger partial charge in [0.15, 0.2) is 19.8 Å². The molecule has 0 bridgehead atoms. The number of esters is 1. The molecule has 7 heteroatoms. The number of ether oxygens (including phenoxy) is 2. The van der Waals surface area contributed by atoms with Crippen molar-refractivity contribution in [2.45, 2.75) is 26.1 Å². The molecule has 0 spiro atoms. The van der Waals surface area contributed by atoms with E-state index in [4.69, 9.17) is 13.6 Å². The van der Waals surface area contributed by atoms with Crippen LogP contribution in [0.5, 0.6) is 11.5 Å². The van der Waals surface area contributed by atoms with E-state index < -0.39 is 8.32 Å². The highest BCUT2D eigenvalue weighted by atomic mass is 28.4. The highest BCUT2D eigenvalue weighted by Gasteiger charge is 2.23.